The highest BCUT2D eigenvalue weighted by Gasteiger charge is 2.12. The second kappa shape index (κ2) is 6.56. The molecule has 5 nitrogen and oxygen atoms in total. The smallest absolute Gasteiger partial charge is 0.251 e. The van der Waals surface area contributed by atoms with Gasteiger partial charge in [0.15, 0.2) is 0 Å². The lowest BCUT2D eigenvalue weighted by Gasteiger charge is -2.08. The zero-order valence-electron chi connectivity index (χ0n) is 10.5. The number of halogens is 2. The van der Waals surface area contributed by atoms with E-state index in [-0.39, 0.29) is 12.3 Å². The molecule has 1 aromatic rings. The number of hydrogen-bond donors (Lipinski definition) is 2. The molecular weight excluding hydrogens is 311 g/mol. The summed E-state index contributed by atoms with van der Waals surface area (Å²) in [5.74, 6) is -0.613. The van der Waals surface area contributed by atoms with Crippen molar-refractivity contribution >= 4 is 39.1 Å². The van der Waals surface area contributed by atoms with E-state index in [0.717, 1.165) is 0 Å². The van der Waals surface area contributed by atoms with E-state index in [0.29, 0.717) is 21.2 Å². The van der Waals surface area contributed by atoms with Gasteiger partial charge in [0.2, 0.25) is 10.0 Å². The van der Waals surface area contributed by atoms with Crippen LogP contribution in [0, 0.1) is 6.92 Å². The summed E-state index contributed by atoms with van der Waals surface area (Å²) in [7, 11) is -2.02. The van der Waals surface area contributed by atoms with E-state index in [9.17, 15) is 13.2 Å². The van der Waals surface area contributed by atoms with Gasteiger partial charge in [0, 0.05) is 22.2 Å². The lowest BCUT2D eigenvalue weighted by atomic mass is 10.1. The van der Waals surface area contributed by atoms with Crippen LogP contribution in [-0.4, -0.2) is 33.7 Å². The zero-order valence-corrected chi connectivity index (χ0v) is 12.8. The minimum Gasteiger partial charge on any atom is -0.351 e. The van der Waals surface area contributed by atoms with Crippen LogP contribution in [0.5, 0.6) is 0 Å². The van der Waals surface area contributed by atoms with Crippen LogP contribution >= 0.6 is 23.2 Å². The fourth-order valence-corrected chi connectivity index (χ4v) is 2.34. The number of amides is 1. The molecule has 0 aliphatic rings. The number of sulfonamides is 1. The van der Waals surface area contributed by atoms with Gasteiger partial charge in [-0.15, -0.1) is 0 Å². The van der Waals surface area contributed by atoms with Crippen molar-refractivity contribution in [1.82, 2.24) is 10.0 Å². The van der Waals surface area contributed by atoms with E-state index in [1.54, 1.807) is 6.92 Å². The molecule has 1 amide bonds. The summed E-state index contributed by atoms with van der Waals surface area (Å²) in [6.45, 7) is 1.75. The Kier molecular flexibility index (Phi) is 5.61. The molecule has 0 heterocycles. The lowest BCUT2D eigenvalue weighted by Crippen LogP contribution is -2.32. The summed E-state index contributed by atoms with van der Waals surface area (Å²) >= 11 is 11.8. The average molecular weight is 325 g/mol. The molecule has 1 aromatic carbocycles. The van der Waals surface area contributed by atoms with Crippen LogP contribution in [0.15, 0.2) is 12.1 Å². The summed E-state index contributed by atoms with van der Waals surface area (Å²) in [6.07, 6.45) is 0. The quantitative estimate of drug-likeness (QED) is 0.863. The molecule has 0 aromatic heterocycles. The third-order valence-electron chi connectivity index (χ3n) is 2.51. The number of benzene rings is 1. The van der Waals surface area contributed by atoms with E-state index < -0.39 is 15.9 Å². The molecule has 0 atom stereocenters. The van der Waals surface area contributed by atoms with E-state index >= 15 is 0 Å². The van der Waals surface area contributed by atoms with Crippen molar-refractivity contribution in [3.05, 3.63) is 33.3 Å². The SMILES string of the molecule is CNS(=O)(=O)CCNC(=O)c1cc(Cl)c(C)c(Cl)c1. The van der Waals surface area contributed by atoms with Crippen molar-refractivity contribution in [2.45, 2.75) is 6.92 Å². The van der Waals surface area contributed by atoms with Gasteiger partial charge in [-0.3, -0.25) is 4.79 Å². The van der Waals surface area contributed by atoms with Crippen molar-refractivity contribution in [3.63, 3.8) is 0 Å². The first-order valence-electron chi connectivity index (χ1n) is 5.42. The van der Waals surface area contributed by atoms with Crippen LogP contribution in [0.3, 0.4) is 0 Å². The Morgan fingerprint density at radius 3 is 2.26 bits per heavy atom. The topological polar surface area (TPSA) is 75.3 Å². The van der Waals surface area contributed by atoms with E-state index in [4.69, 9.17) is 23.2 Å². The van der Waals surface area contributed by atoms with Crippen molar-refractivity contribution in [2.75, 3.05) is 19.3 Å². The molecule has 0 saturated carbocycles. The van der Waals surface area contributed by atoms with Crippen LogP contribution < -0.4 is 10.0 Å². The maximum Gasteiger partial charge on any atom is 0.251 e. The van der Waals surface area contributed by atoms with Crippen LogP contribution in [0.4, 0.5) is 0 Å². The van der Waals surface area contributed by atoms with Crippen molar-refractivity contribution in [3.8, 4) is 0 Å². The Labute approximate surface area is 122 Å². The Morgan fingerprint density at radius 2 is 1.79 bits per heavy atom. The summed E-state index contributed by atoms with van der Waals surface area (Å²) in [5, 5.41) is 3.27. The summed E-state index contributed by atoms with van der Waals surface area (Å²) in [5.41, 5.74) is 0.986. The molecule has 0 unspecified atom stereocenters. The fraction of sp³-hybridized carbons (Fsp3) is 0.364. The first-order chi connectivity index (χ1) is 8.76. The first-order valence-corrected chi connectivity index (χ1v) is 7.82. The van der Waals surface area contributed by atoms with Gasteiger partial charge in [0.1, 0.15) is 0 Å². The molecule has 0 bridgehead atoms. The van der Waals surface area contributed by atoms with Crippen LogP contribution in [-0.2, 0) is 10.0 Å². The van der Waals surface area contributed by atoms with Crippen LogP contribution in [0.1, 0.15) is 15.9 Å². The first kappa shape index (κ1) is 16.2. The fourth-order valence-electron chi connectivity index (χ4n) is 1.28. The van der Waals surface area contributed by atoms with Crippen LogP contribution in [0.2, 0.25) is 10.0 Å². The molecule has 2 N–H and O–H groups in total. The van der Waals surface area contributed by atoms with Crippen LogP contribution in [0.25, 0.3) is 0 Å². The minimum absolute atomic E-state index is 0.00508. The molecule has 0 fully saturated rings. The summed E-state index contributed by atoms with van der Waals surface area (Å²) in [4.78, 5) is 11.8. The number of hydrogen-bond acceptors (Lipinski definition) is 3. The number of carbonyl (C=O) groups excluding carboxylic acids is 1. The van der Waals surface area contributed by atoms with Gasteiger partial charge in [-0.05, 0) is 31.7 Å². The molecular formula is C11H14Cl2N2O3S. The Bertz CT molecular complexity index is 565. The van der Waals surface area contributed by atoms with E-state index in [1.807, 2.05) is 0 Å². The molecule has 0 saturated heterocycles. The van der Waals surface area contributed by atoms with Gasteiger partial charge in [-0.25, -0.2) is 13.1 Å². The third kappa shape index (κ3) is 4.65. The maximum absolute atomic E-state index is 11.8. The predicted octanol–water partition coefficient (Wildman–Crippen LogP) is 1.58. The highest BCUT2D eigenvalue weighted by Crippen LogP contribution is 2.25. The largest absolute Gasteiger partial charge is 0.351 e. The van der Waals surface area contributed by atoms with E-state index in [1.165, 1.54) is 19.2 Å². The van der Waals surface area contributed by atoms with Gasteiger partial charge in [0.25, 0.3) is 5.91 Å². The Balaban J connectivity index is 2.70. The molecule has 8 heteroatoms. The van der Waals surface area contributed by atoms with Crippen molar-refractivity contribution < 1.29 is 13.2 Å². The highest BCUT2D eigenvalue weighted by atomic mass is 35.5. The van der Waals surface area contributed by atoms with Crippen molar-refractivity contribution in [2.24, 2.45) is 0 Å². The predicted molar refractivity (Wildman–Crippen MR) is 76.4 cm³/mol. The van der Waals surface area contributed by atoms with Gasteiger partial charge in [-0.2, -0.15) is 0 Å². The average Bonchev–Trinajstić information content (AvgIpc) is 2.35. The highest BCUT2D eigenvalue weighted by molar-refractivity contribution is 7.89. The maximum atomic E-state index is 11.8. The Hall–Kier alpha value is -0.820. The number of rotatable bonds is 5. The third-order valence-corrected chi connectivity index (χ3v) is 4.66. The molecule has 0 spiro atoms. The normalized spacial score (nSPS) is 11.4. The monoisotopic (exact) mass is 324 g/mol. The zero-order chi connectivity index (χ0) is 14.6. The van der Waals surface area contributed by atoms with Gasteiger partial charge in [-0.1, -0.05) is 23.2 Å². The molecule has 0 radical (unpaired) electrons. The van der Waals surface area contributed by atoms with Gasteiger partial charge < -0.3 is 5.32 Å². The molecule has 19 heavy (non-hydrogen) atoms. The van der Waals surface area contributed by atoms with Gasteiger partial charge in [0.05, 0.1) is 5.75 Å². The Morgan fingerprint density at radius 1 is 1.26 bits per heavy atom. The standard InChI is InChI=1S/C11H14Cl2N2O3S/c1-7-9(12)5-8(6-10(7)13)11(16)15-3-4-19(17,18)14-2/h5-6,14H,3-4H2,1-2H3,(H,15,16). The molecule has 0 aliphatic heterocycles. The van der Waals surface area contributed by atoms with Crippen molar-refractivity contribution in [1.29, 1.82) is 0 Å². The van der Waals surface area contributed by atoms with E-state index in [2.05, 4.69) is 10.0 Å². The second-order valence-corrected chi connectivity index (χ2v) is 6.70. The lowest BCUT2D eigenvalue weighted by molar-refractivity contribution is 0.0956. The second-order valence-electron chi connectivity index (χ2n) is 3.84. The summed E-state index contributed by atoms with van der Waals surface area (Å²) in [6, 6.07) is 2.98. The number of carbonyl (C=O) groups is 1. The number of nitrogens with one attached hydrogen (secondary N) is 2. The minimum atomic E-state index is -3.34. The summed E-state index contributed by atoms with van der Waals surface area (Å²) < 4.78 is 24.5. The van der Waals surface area contributed by atoms with Gasteiger partial charge >= 0.3 is 0 Å². The molecule has 1 rings (SSSR count). The molecule has 106 valence electrons. The molecule has 0 aliphatic carbocycles.